The summed E-state index contributed by atoms with van der Waals surface area (Å²) in [5.74, 6) is -2.17. The van der Waals surface area contributed by atoms with Crippen LogP contribution in [0.5, 0.6) is 0 Å². The Labute approximate surface area is 175 Å². The summed E-state index contributed by atoms with van der Waals surface area (Å²) in [5, 5.41) is 2.69. The maximum absolute atomic E-state index is 13.2. The van der Waals surface area contributed by atoms with Crippen LogP contribution >= 0.6 is 0 Å². The monoisotopic (exact) mass is 437 g/mol. The third-order valence-corrected chi connectivity index (χ3v) is 7.09. The smallest absolute Gasteiger partial charge is 0.243 e. The number of nitrogens with one attached hydrogen (secondary N) is 1. The molecule has 162 valence electrons. The van der Waals surface area contributed by atoms with Crippen LogP contribution in [0.25, 0.3) is 0 Å². The van der Waals surface area contributed by atoms with E-state index in [4.69, 9.17) is 0 Å². The fourth-order valence-corrected chi connectivity index (χ4v) is 4.74. The maximum atomic E-state index is 13.2. The summed E-state index contributed by atoms with van der Waals surface area (Å²) in [6.07, 6.45) is 0.353. The Morgan fingerprint density at radius 2 is 1.67 bits per heavy atom. The number of likely N-dealkylation sites (N-methyl/N-ethyl adjacent to an activating group) is 1. The third kappa shape index (κ3) is 5.41. The number of hydrogen-bond donors (Lipinski definition) is 1. The van der Waals surface area contributed by atoms with E-state index in [0.717, 1.165) is 18.7 Å². The molecule has 1 aliphatic heterocycles. The topological polar surface area (TPSA) is 69.7 Å². The molecule has 1 saturated heterocycles. The van der Waals surface area contributed by atoms with Crippen molar-refractivity contribution >= 4 is 21.6 Å². The molecule has 0 spiro atoms. The number of rotatable bonds is 7. The summed E-state index contributed by atoms with van der Waals surface area (Å²) in [6, 6.07) is 9.59. The lowest BCUT2D eigenvalue weighted by Gasteiger charge is -2.33. The van der Waals surface area contributed by atoms with E-state index in [1.165, 1.54) is 22.5 Å². The predicted molar refractivity (Wildman–Crippen MR) is 111 cm³/mol. The van der Waals surface area contributed by atoms with Crippen LogP contribution < -0.4 is 5.32 Å². The number of piperazine rings is 1. The highest BCUT2D eigenvalue weighted by atomic mass is 32.2. The average Bonchev–Trinajstić information content (AvgIpc) is 2.75. The minimum absolute atomic E-state index is 0.0901. The predicted octanol–water partition coefficient (Wildman–Crippen LogP) is 2.86. The second-order valence-corrected chi connectivity index (χ2v) is 9.10. The van der Waals surface area contributed by atoms with E-state index in [1.54, 1.807) is 12.1 Å². The molecule has 0 radical (unpaired) electrons. The van der Waals surface area contributed by atoms with Crippen molar-refractivity contribution in [1.29, 1.82) is 0 Å². The van der Waals surface area contributed by atoms with Crippen LogP contribution in [0.15, 0.2) is 47.4 Å². The third-order valence-electron chi connectivity index (χ3n) is 5.18. The first-order valence-electron chi connectivity index (χ1n) is 9.86. The Kier molecular flexibility index (Phi) is 7.17. The average molecular weight is 438 g/mol. The van der Waals surface area contributed by atoms with Gasteiger partial charge in [-0.2, -0.15) is 4.31 Å². The van der Waals surface area contributed by atoms with Crippen molar-refractivity contribution in [2.45, 2.75) is 24.7 Å². The van der Waals surface area contributed by atoms with Gasteiger partial charge in [-0.05, 0) is 54.9 Å². The number of carbonyl (C=O) groups is 1. The first-order chi connectivity index (χ1) is 14.3. The van der Waals surface area contributed by atoms with Gasteiger partial charge in [-0.3, -0.25) is 4.79 Å². The van der Waals surface area contributed by atoms with E-state index in [0.29, 0.717) is 37.4 Å². The number of benzene rings is 2. The molecular formula is C21H25F2N3O3S. The highest BCUT2D eigenvalue weighted by molar-refractivity contribution is 7.89. The molecule has 0 aliphatic carbocycles. The number of anilines is 1. The first-order valence-corrected chi connectivity index (χ1v) is 11.3. The Balaban J connectivity index is 1.56. The van der Waals surface area contributed by atoms with Crippen molar-refractivity contribution < 1.29 is 22.0 Å². The first kappa shape index (κ1) is 22.3. The highest BCUT2D eigenvalue weighted by Gasteiger charge is 2.27. The molecule has 6 nitrogen and oxygen atoms in total. The SMILES string of the molecule is CCN1CCN(S(=O)(=O)c2ccc(NC(=O)CCc3ccc(F)c(F)c3)cc2)CC1. The largest absolute Gasteiger partial charge is 0.326 e. The van der Waals surface area contributed by atoms with Gasteiger partial charge in [0.2, 0.25) is 15.9 Å². The number of halogens is 2. The Hall–Kier alpha value is -2.36. The molecule has 0 bridgehead atoms. The van der Waals surface area contributed by atoms with E-state index in [-0.39, 0.29) is 23.6 Å². The van der Waals surface area contributed by atoms with Crippen LogP contribution in [0.4, 0.5) is 14.5 Å². The molecule has 1 aliphatic rings. The zero-order valence-electron chi connectivity index (χ0n) is 16.8. The Morgan fingerprint density at radius 3 is 2.27 bits per heavy atom. The lowest BCUT2D eigenvalue weighted by molar-refractivity contribution is -0.116. The number of amides is 1. The van der Waals surface area contributed by atoms with E-state index in [2.05, 4.69) is 17.1 Å². The Bertz CT molecular complexity index is 989. The molecule has 30 heavy (non-hydrogen) atoms. The highest BCUT2D eigenvalue weighted by Crippen LogP contribution is 2.20. The van der Waals surface area contributed by atoms with Crippen LogP contribution in [0.2, 0.25) is 0 Å². The summed E-state index contributed by atoms with van der Waals surface area (Å²) in [7, 11) is -3.56. The lowest BCUT2D eigenvalue weighted by atomic mass is 10.1. The molecule has 0 saturated carbocycles. The summed E-state index contributed by atoms with van der Waals surface area (Å²) in [4.78, 5) is 14.5. The number of nitrogens with zero attached hydrogens (tertiary/aromatic N) is 2. The van der Waals surface area contributed by atoms with Gasteiger partial charge in [-0.1, -0.05) is 13.0 Å². The van der Waals surface area contributed by atoms with E-state index in [9.17, 15) is 22.0 Å². The van der Waals surface area contributed by atoms with Crippen molar-refractivity contribution in [3.05, 3.63) is 59.7 Å². The van der Waals surface area contributed by atoms with E-state index in [1.807, 2.05) is 0 Å². The minimum Gasteiger partial charge on any atom is -0.326 e. The zero-order valence-corrected chi connectivity index (χ0v) is 17.6. The maximum Gasteiger partial charge on any atom is 0.243 e. The van der Waals surface area contributed by atoms with E-state index < -0.39 is 21.7 Å². The van der Waals surface area contributed by atoms with Gasteiger partial charge in [0.1, 0.15) is 0 Å². The standard InChI is InChI=1S/C21H25F2N3O3S/c1-2-25-11-13-26(14-12-25)30(28,29)18-7-5-17(6-8-18)24-21(27)10-4-16-3-9-19(22)20(23)15-16/h3,5-9,15H,2,4,10-14H2,1H3,(H,24,27). The second kappa shape index (κ2) is 9.63. The fourth-order valence-electron chi connectivity index (χ4n) is 3.32. The zero-order chi connectivity index (χ0) is 21.7. The van der Waals surface area contributed by atoms with Gasteiger partial charge in [-0.15, -0.1) is 0 Å². The lowest BCUT2D eigenvalue weighted by Crippen LogP contribution is -2.48. The summed E-state index contributed by atoms with van der Waals surface area (Å²) in [5.41, 5.74) is 0.994. The van der Waals surface area contributed by atoms with Gasteiger partial charge in [0.15, 0.2) is 11.6 Å². The van der Waals surface area contributed by atoms with Crippen LogP contribution in [0.1, 0.15) is 18.9 Å². The quantitative estimate of drug-likeness (QED) is 0.723. The molecule has 9 heteroatoms. The van der Waals surface area contributed by atoms with Gasteiger partial charge in [0.25, 0.3) is 0 Å². The summed E-state index contributed by atoms with van der Waals surface area (Å²) in [6.45, 7) is 5.29. The molecule has 1 fully saturated rings. The molecule has 2 aromatic carbocycles. The van der Waals surface area contributed by atoms with Crippen LogP contribution in [-0.2, 0) is 21.2 Å². The molecular weight excluding hydrogens is 412 g/mol. The van der Waals surface area contributed by atoms with Crippen molar-refractivity contribution in [1.82, 2.24) is 9.21 Å². The van der Waals surface area contributed by atoms with Gasteiger partial charge in [0.05, 0.1) is 4.90 Å². The van der Waals surface area contributed by atoms with Crippen molar-refractivity contribution in [3.8, 4) is 0 Å². The van der Waals surface area contributed by atoms with Gasteiger partial charge in [0, 0.05) is 38.3 Å². The molecule has 0 unspecified atom stereocenters. The molecule has 3 rings (SSSR count). The second-order valence-electron chi connectivity index (χ2n) is 7.16. The van der Waals surface area contributed by atoms with Crippen molar-refractivity contribution in [2.75, 3.05) is 38.0 Å². The van der Waals surface area contributed by atoms with Crippen LogP contribution in [0, 0.1) is 11.6 Å². The molecule has 1 heterocycles. The van der Waals surface area contributed by atoms with Crippen molar-refractivity contribution in [3.63, 3.8) is 0 Å². The number of hydrogen-bond acceptors (Lipinski definition) is 4. The van der Waals surface area contributed by atoms with Crippen LogP contribution in [-0.4, -0.2) is 56.3 Å². The Morgan fingerprint density at radius 1 is 1.00 bits per heavy atom. The minimum atomic E-state index is -3.56. The molecule has 0 atom stereocenters. The molecule has 0 aromatic heterocycles. The molecule has 2 aromatic rings. The van der Waals surface area contributed by atoms with Crippen LogP contribution in [0.3, 0.4) is 0 Å². The molecule has 1 N–H and O–H groups in total. The summed E-state index contributed by atoms with van der Waals surface area (Å²) >= 11 is 0. The molecule has 1 amide bonds. The number of sulfonamides is 1. The normalized spacial score (nSPS) is 15.8. The van der Waals surface area contributed by atoms with Crippen molar-refractivity contribution in [2.24, 2.45) is 0 Å². The number of carbonyl (C=O) groups excluding carboxylic acids is 1. The fraction of sp³-hybridized carbons (Fsp3) is 0.381. The number of aryl methyl sites for hydroxylation is 1. The van der Waals surface area contributed by atoms with Gasteiger partial charge in [-0.25, -0.2) is 17.2 Å². The van der Waals surface area contributed by atoms with Gasteiger partial charge >= 0.3 is 0 Å². The van der Waals surface area contributed by atoms with E-state index >= 15 is 0 Å². The summed E-state index contributed by atoms with van der Waals surface area (Å²) < 4.78 is 53.2. The van der Waals surface area contributed by atoms with Gasteiger partial charge < -0.3 is 10.2 Å².